The molecule has 1 unspecified atom stereocenters. The fourth-order valence-corrected chi connectivity index (χ4v) is 8.85. The number of carbonyl (C=O) groups is 14. The molecule has 1 fully saturated rings. The molecule has 0 aromatic heterocycles. The molecule has 38 heteroatoms. The summed E-state index contributed by atoms with van der Waals surface area (Å²) in [7, 11) is 0. The zero-order valence-corrected chi connectivity index (χ0v) is 47.8. The van der Waals surface area contributed by atoms with Crippen LogP contribution in [0.1, 0.15) is 69.8 Å². The molecule has 1 heterocycles. The van der Waals surface area contributed by atoms with E-state index < -0.39 is 182 Å². The van der Waals surface area contributed by atoms with Crippen LogP contribution in [0.25, 0.3) is 0 Å². The Hall–Kier alpha value is -9.59. The van der Waals surface area contributed by atoms with Gasteiger partial charge in [0.05, 0.1) is 31.2 Å². The maximum Gasteiger partial charge on any atom is 0.327 e. The number of thioether (sulfide) groups is 1. The summed E-state index contributed by atoms with van der Waals surface area (Å²) in [5, 5.41) is 65.4. The summed E-state index contributed by atoms with van der Waals surface area (Å²) in [4.78, 5) is 189. The zero-order valence-electron chi connectivity index (χ0n) is 47.0. The van der Waals surface area contributed by atoms with Crippen molar-refractivity contribution in [2.75, 3.05) is 44.2 Å². The molecule has 0 saturated carbocycles. The first-order valence-electron chi connectivity index (χ1n) is 26.7. The second-order valence-electron chi connectivity index (χ2n) is 19.5. The van der Waals surface area contributed by atoms with Gasteiger partial charge in [-0.25, -0.2) is 4.79 Å². The Kier molecular flexibility index (Phi) is 31.8. The first-order chi connectivity index (χ1) is 40.9. The summed E-state index contributed by atoms with van der Waals surface area (Å²) < 4.78 is 0. The SMILES string of the molecule is NC(=O)C[C@H](NC(=O)[C@H](CC(=O)O)NC(=O)CNC(=O)[C@H](CCCN=C(N)N)NC(=O)[C@@H]1CCCN1C(=O)[C@@H](N)CCC(=O)O)C(=O)N[C@@H](Cc1ccc(O)cc1)C(=O)N[C@@H](CCCN=C(N)N)C(=O)NCC(N)C(=O)N[C@@H](CSCC(=O)O)C(=O)O. The molecule has 1 saturated heterocycles. The molecule has 27 N–H and O–H groups in total. The number of nitrogens with zero attached hydrogens (tertiary/aromatic N) is 3. The van der Waals surface area contributed by atoms with Crippen LogP contribution in [0.5, 0.6) is 5.75 Å². The van der Waals surface area contributed by atoms with Gasteiger partial charge in [0.1, 0.15) is 54.1 Å². The molecule has 10 amide bonds. The number of amides is 10. The number of nitrogens with two attached hydrogens (primary N) is 7. The predicted octanol–water partition coefficient (Wildman–Crippen LogP) is -9.05. The van der Waals surface area contributed by atoms with Gasteiger partial charge < -0.3 is 113 Å². The van der Waals surface area contributed by atoms with Gasteiger partial charge in [-0.15, -0.1) is 11.8 Å². The Morgan fingerprint density at radius 3 is 1.66 bits per heavy atom. The number of aliphatic carboxylic acids is 4. The average molecular weight is 1250 g/mol. The van der Waals surface area contributed by atoms with Gasteiger partial charge in [0, 0.05) is 44.8 Å². The van der Waals surface area contributed by atoms with E-state index in [1.165, 1.54) is 24.3 Å². The van der Waals surface area contributed by atoms with Crippen LogP contribution >= 0.6 is 11.8 Å². The lowest BCUT2D eigenvalue weighted by Crippen LogP contribution is -2.60. The number of guanidine groups is 2. The highest BCUT2D eigenvalue weighted by Gasteiger charge is 2.39. The van der Waals surface area contributed by atoms with Crippen molar-refractivity contribution in [1.29, 1.82) is 0 Å². The molecule has 0 radical (unpaired) electrons. The number of carboxylic acids is 4. The van der Waals surface area contributed by atoms with Crippen LogP contribution in [0.4, 0.5) is 0 Å². The summed E-state index contributed by atoms with van der Waals surface area (Å²) in [6.45, 7) is -1.62. The molecular formula is C49H76N18O19S. The van der Waals surface area contributed by atoms with Gasteiger partial charge >= 0.3 is 23.9 Å². The Morgan fingerprint density at radius 2 is 1.11 bits per heavy atom. The third-order valence-corrected chi connectivity index (χ3v) is 13.5. The molecule has 2 rings (SSSR count). The predicted molar refractivity (Wildman–Crippen MR) is 305 cm³/mol. The highest BCUT2D eigenvalue weighted by Crippen LogP contribution is 2.20. The second kappa shape index (κ2) is 37.7. The van der Waals surface area contributed by atoms with Crippen LogP contribution < -0.4 is 82.7 Å². The van der Waals surface area contributed by atoms with E-state index >= 15 is 0 Å². The maximum atomic E-state index is 14.2. The molecule has 482 valence electrons. The number of aromatic hydroxyl groups is 1. The minimum atomic E-state index is -2.05. The molecule has 9 atom stereocenters. The normalized spacial score (nSPS) is 15.3. The Labute approximate surface area is 500 Å². The maximum absolute atomic E-state index is 14.2. The fraction of sp³-hybridized carbons (Fsp3) is 0.551. The highest BCUT2D eigenvalue weighted by molar-refractivity contribution is 8.00. The van der Waals surface area contributed by atoms with Crippen LogP contribution in [0.15, 0.2) is 34.3 Å². The van der Waals surface area contributed by atoms with E-state index in [0.29, 0.717) is 18.2 Å². The molecule has 1 aromatic carbocycles. The van der Waals surface area contributed by atoms with Crippen molar-refractivity contribution >= 4 is 107 Å². The summed E-state index contributed by atoms with van der Waals surface area (Å²) >= 11 is 0.697. The van der Waals surface area contributed by atoms with Crippen LogP contribution in [0.3, 0.4) is 0 Å². The van der Waals surface area contributed by atoms with Crippen LogP contribution in [0, 0.1) is 0 Å². The monoisotopic (exact) mass is 1250 g/mol. The number of hydrogen-bond donors (Lipinski definition) is 20. The number of benzene rings is 1. The van der Waals surface area contributed by atoms with Crippen LogP contribution in [-0.4, -0.2) is 224 Å². The highest BCUT2D eigenvalue weighted by atomic mass is 32.2. The van der Waals surface area contributed by atoms with Gasteiger partial charge in [0.2, 0.25) is 59.1 Å². The first kappa shape index (κ1) is 73.5. The minimum absolute atomic E-state index is 0.0142. The van der Waals surface area contributed by atoms with Gasteiger partial charge in [-0.2, -0.15) is 0 Å². The molecule has 0 spiro atoms. The third kappa shape index (κ3) is 28.7. The van der Waals surface area contributed by atoms with Crippen LogP contribution in [-0.2, 0) is 73.5 Å². The topological polar surface area (TPSA) is 646 Å². The Balaban J connectivity index is 2.37. The minimum Gasteiger partial charge on any atom is -0.508 e. The molecule has 87 heavy (non-hydrogen) atoms. The van der Waals surface area contributed by atoms with E-state index in [9.17, 15) is 82.4 Å². The summed E-state index contributed by atoms with van der Waals surface area (Å²) in [5.74, 6) is -18.0. The Morgan fingerprint density at radius 1 is 0.586 bits per heavy atom. The van der Waals surface area contributed by atoms with Crippen molar-refractivity contribution < 1.29 is 92.7 Å². The number of hydrogen-bond acceptors (Lipinski definition) is 20. The van der Waals surface area contributed by atoms with E-state index in [1.54, 1.807) is 0 Å². The van der Waals surface area contributed by atoms with Crippen LogP contribution in [0.2, 0.25) is 0 Å². The van der Waals surface area contributed by atoms with Crippen molar-refractivity contribution in [2.24, 2.45) is 50.1 Å². The number of likely N-dealkylation sites (tertiary alicyclic amines) is 1. The Bertz CT molecular complexity index is 2700. The van der Waals surface area contributed by atoms with E-state index in [4.69, 9.17) is 50.3 Å². The lowest BCUT2D eigenvalue weighted by Gasteiger charge is -2.28. The smallest absolute Gasteiger partial charge is 0.327 e. The molecule has 1 aliphatic rings. The summed E-state index contributed by atoms with van der Waals surface area (Å²) in [6.07, 6.45) is -3.00. The molecular weight excluding hydrogens is 1180 g/mol. The van der Waals surface area contributed by atoms with E-state index in [0.717, 1.165) is 4.90 Å². The zero-order chi connectivity index (χ0) is 65.5. The third-order valence-electron chi connectivity index (χ3n) is 12.4. The van der Waals surface area contributed by atoms with Crippen molar-refractivity contribution in [3.05, 3.63) is 29.8 Å². The summed E-state index contributed by atoms with van der Waals surface area (Å²) in [6, 6.07) is -9.12. The van der Waals surface area contributed by atoms with Gasteiger partial charge in [0.25, 0.3) is 0 Å². The number of rotatable bonds is 40. The fourth-order valence-electron chi connectivity index (χ4n) is 8.10. The van der Waals surface area contributed by atoms with E-state index in [-0.39, 0.29) is 87.1 Å². The first-order valence-corrected chi connectivity index (χ1v) is 27.8. The molecule has 1 aromatic rings. The van der Waals surface area contributed by atoms with E-state index in [1.807, 2.05) is 0 Å². The van der Waals surface area contributed by atoms with Crippen molar-refractivity contribution in [2.45, 2.75) is 125 Å². The van der Waals surface area contributed by atoms with Crippen molar-refractivity contribution in [3.8, 4) is 5.75 Å². The molecule has 1 aliphatic heterocycles. The molecule has 37 nitrogen and oxygen atoms in total. The molecule has 0 aliphatic carbocycles. The number of carbonyl (C=O) groups excluding carboxylic acids is 10. The number of aliphatic imine (C=N–C) groups is 2. The summed E-state index contributed by atoms with van der Waals surface area (Å²) in [5.41, 5.74) is 39.2. The van der Waals surface area contributed by atoms with E-state index in [2.05, 4.69) is 52.5 Å². The quantitative estimate of drug-likeness (QED) is 0.0165. The lowest BCUT2D eigenvalue weighted by atomic mass is 10.0. The van der Waals surface area contributed by atoms with Gasteiger partial charge in [-0.1, -0.05) is 12.1 Å². The van der Waals surface area contributed by atoms with Gasteiger partial charge in [-0.05, 0) is 62.6 Å². The van der Waals surface area contributed by atoms with Gasteiger partial charge in [0.15, 0.2) is 11.9 Å². The molecule has 0 bridgehead atoms. The largest absolute Gasteiger partial charge is 0.508 e. The van der Waals surface area contributed by atoms with Gasteiger partial charge in [-0.3, -0.25) is 72.3 Å². The number of phenols is 1. The number of nitrogens with one attached hydrogen (secondary N) is 8. The standard InChI is InChI=1S/C49H76N18O19S/c50-25(11-12-36(71)72)46(84)67-15-3-6-33(67)45(83)63-28(5-2-14-58-49(55)56)41(79)60-20-35(70)61-31(18-37(73)74)44(82)65-30(17-34(52)69)43(81)64-29(16-23-7-9-24(68)10-8-23)42(80)62-27(4-1-13-57-48(53)54)40(78)59-19-26(51)39(77)66-32(47(85)86)21-87-22-38(75)76/h7-10,25-33,68H,1-6,11-22,50-51H2,(H2,52,69)(H,59,78)(H,60,79)(H,61,70)(H,62,80)(H,63,83)(H,64,81)(H,65,82)(H,66,77)(H,71,72)(H,73,74)(H,75,76)(H,85,86)(H4,53,54,57)(H4,55,56,58)/t25-,26?,27-,28-,29-,30-,31-,32-,33-/m0/s1. The van der Waals surface area contributed by atoms with Crippen molar-refractivity contribution in [1.82, 2.24) is 47.4 Å². The number of primary amides is 1. The van der Waals surface area contributed by atoms with Crippen molar-refractivity contribution in [3.63, 3.8) is 0 Å². The number of carboxylic acid groups (broad SMARTS) is 4. The second-order valence-corrected chi connectivity index (χ2v) is 20.5. The number of phenolic OH excluding ortho intramolecular Hbond substituents is 1. The lowest BCUT2D eigenvalue weighted by molar-refractivity contribution is -0.142. The average Bonchev–Trinajstić information content (AvgIpc) is 2.94.